The van der Waals surface area contributed by atoms with Crippen molar-refractivity contribution in [3.8, 4) is 33.7 Å². The van der Waals surface area contributed by atoms with Gasteiger partial charge in [0.2, 0.25) is 5.89 Å². The number of oxazole rings is 1. The SMILES string of the molecule is c1ccc(-c2ccc(N(c3ccc(-c4cccc5c4sc4ccccc45)cc3)c3cccc4c3oc3cc5nc(-c6ccccc6)oc5cc34)cc2)cc1. The number of hydrogen-bond acceptors (Lipinski definition) is 5. The molecule has 54 heavy (non-hydrogen) atoms. The molecule has 0 unspecified atom stereocenters. The first kappa shape index (κ1) is 30.7. The smallest absolute Gasteiger partial charge is 0.227 e. The second-order valence-electron chi connectivity index (χ2n) is 13.5. The van der Waals surface area contributed by atoms with E-state index in [-0.39, 0.29) is 0 Å². The van der Waals surface area contributed by atoms with Gasteiger partial charge in [0, 0.05) is 53.9 Å². The molecule has 0 fully saturated rings. The van der Waals surface area contributed by atoms with Crippen LogP contribution in [0.5, 0.6) is 0 Å². The van der Waals surface area contributed by atoms with E-state index in [0.717, 1.165) is 61.2 Å². The zero-order valence-corrected chi connectivity index (χ0v) is 29.8. The van der Waals surface area contributed by atoms with Crippen molar-refractivity contribution in [3.63, 3.8) is 0 Å². The number of rotatable bonds is 6. The summed E-state index contributed by atoms with van der Waals surface area (Å²) >= 11 is 1.86. The van der Waals surface area contributed by atoms with Gasteiger partial charge in [-0.2, -0.15) is 0 Å². The number of hydrogen-bond donors (Lipinski definition) is 0. The lowest BCUT2D eigenvalue weighted by molar-refractivity contribution is 0.620. The summed E-state index contributed by atoms with van der Waals surface area (Å²) in [6.07, 6.45) is 0. The highest BCUT2D eigenvalue weighted by Crippen LogP contribution is 2.45. The third-order valence-corrected chi connectivity index (χ3v) is 11.5. The first-order chi connectivity index (χ1) is 26.7. The maximum atomic E-state index is 6.77. The molecule has 0 N–H and O–H groups in total. The van der Waals surface area contributed by atoms with Crippen LogP contribution < -0.4 is 4.90 Å². The molecule has 254 valence electrons. The summed E-state index contributed by atoms with van der Waals surface area (Å²) in [7, 11) is 0. The second kappa shape index (κ2) is 12.3. The van der Waals surface area contributed by atoms with Gasteiger partial charge in [-0.3, -0.25) is 0 Å². The lowest BCUT2D eigenvalue weighted by atomic mass is 10.0. The molecule has 3 heterocycles. The fourth-order valence-corrected chi connectivity index (χ4v) is 8.95. The van der Waals surface area contributed by atoms with Gasteiger partial charge < -0.3 is 13.7 Å². The molecule has 11 aromatic rings. The number of benzene rings is 8. The Balaban J connectivity index is 1.05. The largest absolute Gasteiger partial charge is 0.454 e. The number of anilines is 3. The van der Waals surface area contributed by atoms with Crippen LogP contribution in [0.4, 0.5) is 17.1 Å². The van der Waals surface area contributed by atoms with Crippen molar-refractivity contribution in [2.45, 2.75) is 0 Å². The average molecular weight is 711 g/mol. The predicted octanol–water partition coefficient (Wildman–Crippen LogP) is 14.6. The summed E-state index contributed by atoms with van der Waals surface area (Å²) in [5.41, 5.74) is 11.8. The summed E-state index contributed by atoms with van der Waals surface area (Å²) in [5.74, 6) is 0.598. The number of para-hydroxylation sites is 1. The number of thiophene rings is 1. The van der Waals surface area contributed by atoms with Crippen molar-refractivity contribution in [2.24, 2.45) is 0 Å². The van der Waals surface area contributed by atoms with E-state index in [1.54, 1.807) is 0 Å². The Morgan fingerprint density at radius 1 is 0.444 bits per heavy atom. The van der Waals surface area contributed by atoms with Crippen LogP contribution in [0.3, 0.4) is 0 Å². The minimum Gasteiger partial charge on any atom is -0.454 e. The van der Waals surface area contributed by atoms with Crippen molar-refractivity contribution in [2.75, 3.05) is 4.90 Å². The summed E-state index contributed by atoms with van der Waals surface area (Å²) < 4.78 is 15.7. The maximum Gasteiger partial charge on any atom is 0.227 e. The Labute approximate surface area is 314 Å². The quantitative estimate of drug-likeness (QED) is 0.172. The molecule has 0 aliphatic rings. The minimum atomic E-state index is 0.598. The molecule has 4 nitrogen and oxygen atoms in total. The minimum absolute atomic E-state index is 0.598. The van der Waals surface area contributed by atoms with Gasteiger partial charge >= 0.3 is 0 Å². The summed E-state index contributed by atoms with van der Waals surface area (Å²) in [6.45, 7) is 0. The van der Waals surface area contributed by atoms with Crippen molar-refractivity contribution >= 4 is 81.6 Å². The lowest BCUT2D eigenvalue weighted by Gasteiger charge is -2.26. The third kappa shape index (κ3) is 5.01. The van der Waals surface area contributed by atoms with E-state index >= 15 is 0 Å². The molecule has 5 heteroatoms. The van der Waals surface area contributed by atoms with Crippen LogP contribution in [0, 0.1) is 0 Å². The van der Waals surface area contributed by atoms with Crippen LogP contribution in [0.1, 0.15) is 0 Å². The fraction of sp³-hybridized carbons (Fsp3) is 0. The maximum absolute atomic E-state index is 6.77. The molecule has 0 amide bonds. The van der Waals surface area contributed by atoms with Gasteiger partial charge in [-0.15, -0.1) is 11.3 Å². The van der Waals surface area contributed by atoms with Crippen molar-refractivity contribution < 1.29 is 8.83 Å². The highest BCUT2D eigenvalue weighted by Gasteiger charge is 2.21. The van der Waals surface area contributed by atoms with Crippen LogP contribution >= 0.6 is 11.3 Å². The van der Waals surface area contributed by atoms with Gasteiger partial charge in [0.15, 0.2) is 11.2 Å². The summed E-state index contributed by atoms with van der Waals surface area (Å²) in [6, 6.07) is 63.9. The second-order valence-corrected chi connectivity index (χ2v) is 14.6. The standard InChI is InChI=1S/C49H30N2O2S/c1-3-11-31(12-4-1)32-21-25-35(26-22-32)51(36-27-23-33(24-28-36)37-16-9-18-40-38-15-7-8-20-46(38)54-48(37)40)43-19-10-17-39-41-29-45-42(30-44(41)52-47(39)43)50-49(53-45)34-13-5-2-6-14-34/h1-30H. The molecule has 0 aliphatic carbocycles. The monoisotopic (exact) mass is 710 g/mol. The van der Waals surface area contributed by atoms with Crippen LogP contribution in [-0.2, 0) is 0 Å². The van der Waals surface area contributed by atoms with E-state index in [9.17, 15) is 0 Å². The number of nitrogens with zero attached hydrogens (tertiary/aromatic N) is 2. The van der Waals surface area contributed by atoms with Crippen molar-refractivity contribution in [3.05, 3.63) is 182 Å². The normalized spacial score (nSPS) is 11.7. The first-order valence-electron chi connectivity index (χ1n) is 18.0. The highest BCUT2D eigenvalue weighted by atomic mass is 32.1. The molecule has 3 aromatic heterocycles. The van der Waals surface area contributed by atoms with Crippen molar-refractivity contribution in [1.82, 2.24) is 4.98 Å². The van der Waals surface area contributed by atoms with E-state index in [4.69, 9.17) is 13.8 Å². The molecular formula is C49H30N2O2S. The van der Waals surface area contributed by atoms with E-state index in [1.165, 1.54) is 36.9 Å². The first-order valence-corrected chi connectivity index (χ1v) is 18.8. The topological polar surface area (TPSA) is 42.4 Å². The Morgan fingerprint density at radius 2 is 1.07 bits per heavy atom. The predicted molar refractivity (Wildman–Crippen MR) is 225 cm³/mol. The molecule has 0 saturated heterocycles. The van der Waals surface area contributed by atoms with E-state index in [0.29, 0.717) is 5.89 Å². The van der Waals surface area contributed by atoms with Crippen molar-refractivity contribution in [1.29, 1.82) is 0 Å². The van der Waals surface area contributed by atoms with Gasteiger partial charge in [0.1, 0.15) is 11.1 Å². The Bertz CT molecular complexity index is 3140. The van der Waals surface area contributed by atoms with E-state index < -0.39 is 0 Å². The zero-order valence-electron chi connectivity index (χ0n) is 28.9. The Morgan fingerprint density at radius 3 is 1.85 bits per heavy atom. The van der Waals surface area contributed by atoms with Gasteiger partial charge in [-0.25, -0.2) is 4.98 Å². The molecule has 0 atom stereocenters. The Kier molecular flexibility index (Phi) is 7.00. The Hall–Kier alpha value is -6.95. The van der Waals surface area contributed by atoms with Gasteiger partial charge in [-0.05, 0) is 76.9 Å². The number of aromatic nitrogens is 1. The molecular weight excluding hydrogens is 681 g/mol. The molecule has 0 spiro atoms. The molecule has 11 rings (SSSR count). The van der Waals surface area contributed by atoms with Gasteiger partial charge in [0.05, 0.1) is 5.69 Å². The molecule has 0 bridgehead atoms. The molecule has 0 radical (unpaired) electrons. The lowest BCUT2D eigenvalue weighted by Crippen LogP contribution is -2.10. The fourth-order valence-electron chi connectivity index (χ4n) is 7.71. The van der Waals surface area contributed by atoms with E-state index in [1.807, 2.05) is 53.8 Å². The van der Waals surface area contributed by atoms with Crippen LogP contribution in [-0.4, -0.2) is 4.98 Å². The van der Waals surface area contributed by atoms with E-state index in [2.05, 4.69) is 144 Å². The molecule has 8 aromatic carbocycles. The van der Waals surface area contributed by atoms with Crippen LogP contribution in [0.2, 0.25) is 0 Å². The molecule has 0 saturated carbocycles. The van der Waals surface area contributed by atoms with Gasteiger partial charge in [0.25, 0.3) is 0 Å². The number of fused-ring (bicyclic) bond motifs is 7. The van der Waals surface area contributed by atoms with Gasteiger partial charge in [-0.1, -0.05) is 121 Å². The zero-order chi connectivity index (χ0) is 35.6. The highest BCUT2D eigenvalue weighted by molar-refractivity contribution is 7.26. The van der Waals surface area contributed by atoms with Crippen LogP contribution in [0.15, 0.2) is 191 Å². The molecule has 0 aliphatic heterocycles. The summed E-state index contributed by atoms with van der Waals surface area (Å²) in [5, 5.41) is 4.61. The van der Waals surface area contributed by atoms with Crippen LogP contribution in [0.25, 0.3) is 86.9 Å². The summed E-state index contributed by atoms with van der Waals surface area (Å²) in [4.78, 5) is 7.11. The number of furan rings is 1. The average Bonchev–Trinajstić information content (AvgIpc) is 3.95. The third-order valence-electron chi connectivity index (χ3n) is 10.3.